The summed E-state index contributed by atoms with van der Waals surface area (Å²) >= 11 is 6.10. The third-order valence-electron chi connectivity index (χ3n) is 5.54. The van der Waals surface area contributed by atoms with Crippen LogP contribution in [0.1, 0.15) is 56.3 Å². The molecule has 9 heteroatoms. The molecule has 0 radical (unpaired) electrons. The predicted octanol–water partition coefficient (Wildman–Crippen LogP) is 3.39. The van der Waals surface area contributed by atoms with Crippen molar-refractivity contribution >= 4 is 33.4 Å². The second-order valence-corrected chi connectivity index (χ2v) is 11.3. The van der Waals surface area contributed by atoms with Gasteiger partial charge in [-0.05, 0) is 49.3 Å². The van der Waals surface area contributed by atoms with Crippen LogP contribution in [-0.2, 0) is 14.8 Å². The highest BCUT2D eigenvalue weighted by atomic mass is 35.5. The number of hydrogen-bond donors (Lipinski definition) is 1. The molecule has 1 N–H and O–H groups in total. The zero-order valence-electron chi connectivity index (χ0n) is 18.9. The van der Waals surface area contributed by atoms with Gasteiger partial charge in [-0.25, -0.2) is 12.7 Å². The maximum absolute atomic E-state index is 12.5. The summed E-state index contributed by atoms with van der Waals surface area (Å²) in [6.45, 7) is 6.52. The summed E-state index contributed by atoms with van der Waals surface area (Å²) in [5.41, 5.74) is 0.133. The fraction of sp³-hybridized carbons (Fsp3) is 0.636. The summed E-state index contributed by atoms with van der Waals surface area (Å²) in [4.78, 5) is 26.9. The lowest BCUT2D eigenvalue weighted by molar-refractivity contribution is -0.134. The number of nitrogens with one attached hydrogen (secondary N) is 1. The zero-order chi connectivity index (χ0) is 23.2. The van der Waals surface area contributed by atoms with Crippen molar-refractivity contribution in [1.82, 2.24) is 14.5 Å². The van der Waals surface area contributed by atoms with E-state index in [0.29, 0.717) is 24.8 Å². The average molecular weight is 472 g/mol. The van der Waals surface area contributed by atoms with E-state index in [1.54, 1.807) is 0 Å². The monoisotopic (exact) mass is 471 g/mol. The van der Waals surface area contributed by atoms with Crippen molar-refractivity contribution in [2.24, 2.45) is 11.8 Å². The van der Waals surface area contributed by atoms with Crippen molar-refractivity contribution in [3.8, 4) is 0 Å². The molecule has 1 aromatic carbocycles. The SMILES string of the molecule is CC1CC(C)CN(C(=O)CCCCCNC(=O)c2cc(S(=O)(=O)N(C)C)ccc2Cl)C1. The maximum atomic E-state index is 12.5. The molecule has 0 saturated carbocycles. The Morgan fingerprint density at radius 1 is 1.13 bits per heavy atom. The van der Waals surface area contributed by atoms with E-state index in [4.69, 9.17) is 11.6 Å². The van der Waals surface area contributed by atoms with Gasteiger partial charge in [-0.15, -0.1) is 0 Å². The highest BCUT2D eigenvalue weighted by molar-refractivity contribution is 7.89. The standard InChI is InChI=1S/C22H34ClN3O4S/c1-16-12-17(2)15-26(14-16)21(27)8-6-5-7-11-24-22(28)19-13-18(9-10-20(19)23)31(29,30)25(3)4/h9-10,13,16-17H,5-8,11-12,14-15H2,1-4H3,(H,24,28). The smallest absolute Gasteiger partial charge is 0.252 e. The van der Waals surface area contributed by atoms with E-state index < -0.39 is 15.9 Å². The summed E-state index contributed by atoms with van der Waals surface area (Å²) < 4.78 is 25.6. The topological polar surface area (TPSA) is 86.8 Å². The number of rotatable bonds is 9. The molecule has 31 heavy (non-hydrogen) atoms. The van der Waals surface area contributed by atoms with Gasteiger partial charge in [0.15, 0.2) is 0 Å². The van der Waals surface area contributed by atoms with Gasteiger partial charge in [0.2, 0.25) is 15.9 Å². The average Bonchev–Trinajstić information content (AvgIpc) is 2.69. The lowest BCUT2D eigenvalue weighted by atomic mass is 9.91. The summed E-state index contributed by atoms with van der Waals surface area (Å²) in [6, 6.07) is 4.10. The lowest BCUT2D eigenvalue weighted by Gasteiger charge is -2.35. The Morgan fingerprint density at radius 3 is 2.39 bits per heavy atom. The molecule has 1 saturated heterocycles. The molecule has 0 spiro atoms. The quantitative estimate of drug-likeness (QED) is 0.559. The Bertz CT molecular complexity index is 879. The van der Waals surface area contributed by atoms with Gasteiger partial charge in [0, 0.05) is 40.2 Å². The van der Waals surface area contributed by atoms with E-state index in [-0.39, 0.29) is 21.4 Å². The van der Waals surface area contributed by atoms with E-state index in [1.807, 2.05) is 4.90 Å². The van der Waals surface area contributed by atoms with Gasteiger partial charge in [-0.3, -0.25) is 9.59 Å². The first kappa shape index (κ1) is 25.6. The first-order valence-corrected chi connectivity index (χ1v) is 12.6. The third-order valence-corrected chi connectivity index (χ3v) is 7.68. The van der Waals surface area contributed by atoms with Gasteiger partial charge in [0.25, 0.3) is 5.91 Å². The second-order valence-electron chi connectivity index (χ2n) is 8.74. The van der Waals surface area contributed by atoms with Crippen molar-refractivity contribution in [3.63, 3.8) is 0 Å². The Kier molecular flexibility index (Phi) is 9.33. The Morgan fingerprint density at radius 2 is 1.77 bits per heavy atom. The fourth-order valence-corrected chi connectivity index (χ4v) is 5.08. The van der Waals surface area contributed by atoms with Crippen LogP contribution in [0.25, 0.3) is 0 Å². The molecule has 2 unspecified atom stereocenters. The fourth-order valence-electron chi connectivity index (χ4n) is 3.95. The van der Waals surface area contributed by atoms with Crippen molar-refractivity contribution in [2.45, 2.75) is 50.8 Å². The van der Waals surface area contributed by atoms with E-state index in [2.05, 4.69) is 19.2 Å². The minimum absolute atomic E-state index is 0.0203. The molecule has 0 aliphatic carbocycles. The number of piperidine rings is 1. The molecule has 1 heterocycles. The molecule has 2 amide bonds. The number of benzene rings is 1. The van der Waals surface area contributed by atoms with Crippen LogP contribution in [0.3, 0.4) is 0 Å². The normalized spacial score (nSPS) is 19.5. The number of sulfonamides is 1. The number of hydrogen-bond acceptors (Lipinski definition) is 4. The van der Waals surface area contributed by atoms with E-state index in [1.165, 1.54) is 38.7 Å². The Hall–Kier alpha value is -1.64. The largest absolute Gasteiger partial charge is 0.352 e. The zero-order valence-corrected chi connectivity index (χ0v) is 20.4. The summed E-state index contributed by atoms with van der Waals surface area (Å²) in [6.07, 6.45) is 4.05. The van der Waals surface area contributed by atoms with Crippen molar-refractivity contribution in [2.75, 3.05) is 33.7 Å². The van der Waals surface area contributed by atoms with Gasteiger partial charge in [0.05, 0.1) is 15.5 Å². The highest BCUT2D eigenvalue weighted by Crippen LogP contribution is 2.23. The first-order valence-electron chi connectivity index (χ1n) is 10.8. The van der Waals surface area contributed by atoms with Crippen molar-refractivity contribution in [3.05, 3.63) is 28.8 Å². The van der Waals surface area contributed by atoms with Crippen LogP contribution in [0.4, 0.5) is 0 Å². The van der Waals surface area contributed by atoms with Crippen LogP contribution in [0, 0.1) is 11.8 Å². The van der Waals surface area contributed by atoms with E-state index in [9.17, 15) is 18.0 Å². The van der Waals surface area contributed by atoms with Crippen molar-refractivity contribution < 1.29 is 18.0 Å². The van der Waals surface area contributed by atoms with Crippen LogP contribution < -0.4 is 5.32 Å². The van der Waals surface area contributed by atoms with Crippen LogP contribution in [-0.4, -0.2) is 63.2 Å². The van der Waals surface area contributed by atoms with Gasteiger partial charge < -0.3 is 10.2 Å². The van der Waals surface area contributed by atoms with Crippen LogP contribution in [0.5, 0.6) is 0 Å². The van der Waals surface area contributed by atoms with Gasteiger partial charge in [-0.1, -0.05) is 31.9 Å². The molecule has 1 fully saturated rings. The third kappa shape index (κ3) is 7.19. The van der Waals surface area contributed by atoms with Crippen molar-refractivity contribution in [1.29, 1.82) is 0 Å². The summed E-state index contributed by atoms with van der Waals surface area (Å²) in [5, 5.41) is 2.98. The number of amides is 2. The molecular weight excluding hydrogens is 438 g/mol. The predicted molar refractivity (Wildman–Crippen MR) is 123 cm³/mol. The molecule has 0 aromatic heterocycles. The maximum Gasteiger partial charge on any atom is 0.252 e. The lowest BCUT2D eigenvalue weighted by Crippen LogP contribution is -2.42. The molecule has 0 bridgehead atoms. The first-order chi connectivity index (χ1) is 14.5. The van der Waals surface area contributed by atoms with Crippen LogP contribution in [0.2, 0.25) is 5.02 Å². The van der Waals surface area contributed by atoms with Crippen LogP contribution >= 0.6 is 11.6 Å². The molecule has 1 aliphatic rings. The number of carbonyl (C=O) groups excluding carboxylic acids is 2. The minimum Gasteiger partial charge on any atom is -0.352 e. The van der Waals surface area contributed by atoms with Gasteiger partial charge in [0.1, 0.15) is 0 Å². The number of halogens is 1. The molecule has 2 atom stereocenters. The highest BCUT2D eigenvalue weighted by Gasteiger charge is 2.25. The molecule has 174 valence electrons. The number of likely N-dealkylation sites (tertiary alicyclic amines) is 1. The molecule has 7 nitrogen and oxygen atoms in total. The van der Waals surface area contributed by atoms with Gasteiger partial charge >= 0.3 is 0 Å². The summed E-state index contributed by atoms with van der Waals surface area (Å²) in [5.74, 6) is 0.920. The Labute approximate surface area is 191 Å². The molecule has 2 rings (SSSR count). The Balaban J connectivity index is 1.77. The summed E-state index contributed by atoms with van der Waals surface area (Å²) in [7, 11) is -0.785. The number of unbranched alkanes of at least 4 members (excludes halogenated alkanes) is 2. The van der Waals surface area contributed by atoms with E-state index >= 15 is 0 Å². The molecule has 1 aromatic rings. The number of carbonyl (C=O) groups is 2. The van der Waals surface area contributed by atoms with E-state index in [0.717, 1.165) is 36.7 Å². The minimum atomic E-state index is -3.65. The molecule has 1 aliphatic heterocycles. The van der Waals surface area contributed by atoms with Gasteiger partial charge in [-0.2, -0.15) is 0 Å². The van der Waals surface area contributed by atoms with Crippen LogP contribution in [0.15, 0.2) is 23.1 Å². The number of nitrogens with zero attached hydrogens (tertiary/aromatic N) is 2. The molecular formula is C22H34ClN3O4S. The second kappa shape index (κ2) is 11.3.